The zero-order chi connectivity index (χ0) is 15.5. The molecule has 1 aliphatic carbocycles. The van der Waals surface area contributed by atoms with Gasteiger partial charge in [-0.3, -0.25) is 9.69 Å². The van der Waals surface area contributed by atoms with Crippen LogP contribution in [0.4, 0.5) is 0 Å². The summed E-state index contributed by atoms with van der Waals surface area (Å²) >= 11 is 0. The van der Waals surface area contributed by atoms with Crippen LogP contribution >= 0.6 is 0 Å². The summed E-state index contributed by atoms with van der Waals surface area (Å²) in [5, 5.41) is 3.49. The van der Waals surface area contributed by atoms with E-state index in [1.165, 1.54) is 0 Å². The molecule has 21 heavy (non-hydrogen) atoms. The van der Waals surface area contributed by atoms with E-state index >= 15 is 0 Å². The van der Waals surface area contributed by atoms with E-state index in [2.05, 4.69) is 31.0 Å². The first-order valence-electron chi connectivity index (χ1n) is 8.35. The molecule has 0 radical (unpaired) electrons. The van der Waals surface area contributed by atoms with E-state index in [-0.39, 0.29) is 11.9 Å². The Hall–Kier alpha value is -0.650. The van der Waals surface area contributed by atoms with E-state index in [0.29, 0.717) is 12.0 Å². The van der Waals surface area contributed by atoms with Crippen molar-refractivity contribution in [3.05, 3.63) is 0 Å². The fourth-order valence-corrected chi connectivity index (χ4v) is 3.98. The highest BCUT2D eigenvalue weighted by Crippen LogP contribution is 2.38. The Morgan fingerprint density at radius 1 is 1.52 bits per heavy atom. The Kier molecular flexibility index (Phi) is 5.63. The highest BCUT2D eigenvalue weighted by molar-refractivity contribution is 5.85. The Balaban J connectivity index is 1.98. The van der Waals surface area contributed by atoms with E-state index in [4.69, 9.17) is 10.5 Å². The van der Waals surface area contributed by atoms with Crippen LogP contribution < -0.4 is 11.1 Å². The largest absolute Gasteiger partial charge is 0.379 e. The lowest BCUT2D eigenvalue weighted by Crippen LogP contribution is -2.60. The molecule has 0 bridgehead atoms. The number of nitrogens with one attached hydrogen (secondary N) is 1. The monoisotopic (exact) mass is 297 g/mol. The van der Waals surface area contributed by atoms with Crippen molar-refractivity contribution < 1.29 is 9.53 Å². The third-order valence-corrected chi connectivity index (χ3v) is 5.08. The second kappa shape index (κ2) is 7.07. The summed E-state index contributed by atoms with van der Waals surface area (Å²) in [6, 6.07) is 0.751. The standard InChI is InChI=1S/C16H31N3O2/c1-12(2)18-16(15(17)20)7-4-5-14(16)6-8-19-9-10-21-11-13(19)3/h12-14,18H,4-11H2,1-3H3,(H2,17,20). The molecule has 0 spiro atoms. The van der Waals surface area contributed by atoms with Gasteiger partial charge < -0.3 is 15.8 Å². The van der Waals surface area contributed by atoms with Gasteiger partial charge >= 0.3 is 0 Å². The van der Waals surface area contributed by atoms with Crippen molar-refractivity contribution >= 4 is 5.91 Å². The van der Waals surface area contributed by atoms with Gasteiger partial charge in [-0.15, -0.1) is 0 Å². The molecule has 1 amide bonds. The van der Waals surface area contributed by atoms with Gasteiger partial charge in [0.25, 0.3) is 0 Å². The molecular weight excluding hydrogens is 266 g/mol. The van der Waals surface area contributed by atoms with Crippen LogP contribution in [0.25, 0.3) is 0 Å². The first-order valence-corrected chi connectivity index (χ1v) is 8.35. The van der Waals surface area contributed by atoms with Gasteiger partial charge in [-0.2, -0.15) is 0 Å². The molecule has 0 aromatic rings. The van der Waals surface area contributed by atoms with Crippen LogP contribution in [0.3, 0.4) is 0 Å². The fraction of sp³-hybridized carbons (Fsp3) is 0.938. The summed E-state index contributed by atoms with van der Waals surface area (Å²) in [6.07, 6.45) is 4.10. The number of nitrogens with two attached hydrogens (primary N) is 1. The highest BCUT2D eigenvalue weighted by atomic mass is 16.5. The maximum Gasteiger partial charge on any atom is 0.238 e. The first-order chi connectivity index (χ1) is 9.95. The summed E-state index contributed by atoms with van der Waals surface area (Å²) < 4.78 is 5.49. The van der Waals surface area contributed by atoms with E-state index in [9.17, 15) is 4.79 Å². The third-order valence-electron chi connectivity index (χ3n) is 5.08. The highest BCUT2D eigenvalue weighted by Gasteiger charge is 2.47. The molecule has 2 rings (SSSR count). The van der Waals surface area contributed by atoms with Crippen LogP contribution in [-0.2, 0) is 9.53 Å². The number of nitrogens with zero attached hydrogens (tertiary/aromatic N) is 1. The summed E-state index contributed by atoms with van der Waals surface area (Å²) in [4.78, 5) is 14.6. The van der Waals surface area contributed by atoms with Gasteiger partial charge in [0.2, 0.25) is 5.91 Å². The fourth-order valence-electron chi connectivity index (χ4n) is 3.98. The SMILES string of the molecule is CC(C)NC1(C(N)=O)CCCC1CCN1CCOCC1C. The van der Waals surface area contributed by atoms with E-state index in [1.54, 1.807) is 0 Å². The summed E-state index contributed by atoms with van der Waals surface area (Å²) in [5.41, 5.74) is 5.28. The molecule has 1 heterocycles. The van der Waals surface area contributed by atoms with Gasteiger partial charge in [-0.05, 0) is 52.5 Å². The Labute approximate surface area is 128 Å². The van der Waals surface area contributed by atoms with Gasteiger partial charge in [-0.1, -0.05) is 6.42 Å². The van der Waals surface area contributed by atoms with Gasteiger partial charge in [-0.25, -0.2) is 0 Å². The van der Waals surface area contributed by atoms with Gasteiger partial charge in [0.05, 0.1) is 13.2 Å². The van der Waals surface area contributed by atoms with Crippen molar-refractivity contribution in [2.45, 2.75) is 64.1 Å². The van der Waals surface area contributed by atoms with E-state index in [0.717, 1.165) is 52.0 Å². The number of rotatable bonds is 6. The maximum atomic E-state index is 12.1. The van der Waals surface area contributed by atoms with Crippen LogP contribution in [0.1, 0.15) is 46.5 Å². The number of amides is 1. The predicted molar refractivity (Wildman–Crippen MR) is 84.0 cm³/mol. The van der Waals surface area contributed by atoms with Crippen LogP contribution in [0.15, 0.2) is 0 Å². The molecule has 1 aliphatic heterocycles. The molecule has 3 unspecified atom stereocenters. The van der Waals surface area contributed by atoms with Gasteiger partial charge in [0, 0.05) is 18.6 Å². The minimum atomic E-state index is -0.496. The van der Waals surface area contributed by atoms with Crippen molar-refractivity contribution in [1.82, 2.24) is 10.2 Å². The zero-order valence-corrected chi connectivity index (χ0v) is 13.7. The van der Waals surface area contributed by atoms with Crippen LogP contribution in [0.5, 0.6) is 0 Å². The number of hydrogen-bond acceptors (Lipinski definition) is 4. The topological polar surface area (TPSA) is 67.6 Å². The van der Waals surface area contributed by atoms with E-state index in [1.807, 2.05) is 0 Å². The molecule has 5 heteroatoms. The smallest absolute Gasteiger partial charge is 0.238 e. The number of morpholine rings is 1. The Morgan fingerprint density at radius 2 is 2.29 bits per heavy atom. The van der Waals surface area contributed by atoms with Crippen LogP contribution in [0, 0.1) is 5.92 Å². The lowest BCUT2D eigenvalue weighted by atomic mass is 9.83. The number of carbonyl (C=O) groups excluding carboxylic acids is 1. The maximum absolute atomic E-state index is 12.1. The molecule has 2 aliphatic rings. The zero-order valence-electron chi connectivity index (χ0n) is 13.7. The normalized spacial score (nSPS) is 34.5. The summed E-state index contributed by atoms with van der Waals surface area (Å²) in [7, 11) is 0. The van der Waals surface area contributed by atoms with E-state index < -0.39 is 5.54 Å². The van der Waals surface area contributed by atoms with Crippen LogP contribution in [0.2, 0.25) is 0 Å². The molecule has 0 aromatic heterocycles. The average Bonchev–Trinajstić information content (AvgIpc) is 2.81. The van der Waals surface area contributed by atoms with Crippen LogP contribution in [-0.4, -0.2) is 54.7 Å². The van der Waals surface area contributed by atoms with Crippen molar-refractivity contribution in [2.24, 2.45) is 11.7 Å². The van der Waals surface area contributed by atoms with Crippen molar-refractivity contribution in [1.29, 1.82) is 0 Å². The second-order valence-corrected chi connectivity index (χ2v) is 6.97. The van der Waals surface area contributed by atoms with Crippen molar-refractivity contribution in [3.8, 4) is 0 Å². The lowest BCUT2D eigenvalue weighted by molar-refractivity contribution is -0.126. The Morgan fingerprint density at radius 3 is 2.90 bits per heavy atom. The van der Waals surface area contributed by atoms with Crippen molar-refractivity contribution in [2.75, 3.05) is 26.3 Å². The number of primary amides is 1. The first kappa shape index (κ1) is 16.7. The minimum Gasteiger partial charge on any atom is -0.379 e. The summed E-state index contributed by atoms with van der Waals surface area (Å²) in [5.74, 6) is 0.182. The Bertz CT molecular complexity index is 361. The quantitative estimate of drug-likeness (QED) is 0.771. The van der Waals surface area contributed by atoms with Gasteiger partial charge in [0.15, 0.2) is 0 Å². The van der Waals surface area contributed by atoms with Gasteiger partial charge in [0.1, 0.15) is 5.54 Å². The summed E-state index contributed by atoms with van der Waals surface area (Å²) in [6.45, 7) is 10.0. The molecule has 3 atom stereocenters. The number of carbonyl (C=O) groups is 1. The third kappa shape index (κ3) is 3.76. The molecular formula is C16H31N3O2. The molecule has 1 saturated carbocycles. The molecule has 3 N–H and O–H groups in total. The van der Waals surface area contributed by atoms with Crippen molar-refractivity contribution in [3.63, 3.8) is 0 Å². The minimum absolute atomic E-state index is 0.172. The molecule has 122 valence electrons. The number of ether oxygens (including phenoxy) is 1. The predicted octanol–water partition coefficient (Wildman–Crippen LogP) is 1.12. The lowest BCUT2D eigenvalue weighted by Gasteiger charge is -2.38. The molecule has 2 fully saturated rings. The second-order valence-electron chi connectivity index (χ2n) is 6.97. The molecule has 0 aromatic carbocycles. The molecule has 1 saturated heterocycles. The average molecular weight is 297 g/mol. The molecule has 5 nitrogen and oxygen atoms in total. The number of hydrogen-bond donors (Lipinski definition) is 2.